The van der Waals surface area contributed by atoms with Crippen molar-refractivity contribution >= 4 is 18.1 Å². The molecule has 0 aromatic rings. The van der Waals surface area contributed by atoms with Crippen LogP contribution in [0.4, 0.5) is 0 Å². The molecule has 0 aliphatic rings. The van der Waals surface area contributed by atoms with Crippen LogP contribution in [0.5, 0.6) is 0 Å². The van der Waals surface area contributed by atoms with Gasteiger partial charge in [0.25, 0.3) is 11.8 Å². The van der Waals surface area contributed by atoms with E-state index in [2.05, 4.69) is 18.3 Å². The van der Waals surface area contributed by atoms with Gasteiger partial charge < -0.3 is 0 Å². The molecule has 0 rings (SSSR count). The lowest BCUT2D eigenvalue weighted by molar-refractivity contribution is -0.118. The molecule has 0 aromatic carbocycles. The van der Waals surface area contributed by atoms with Gasteiger partial charge in [-0.2, -0.15) is 0 Å². The molecular weight excluding hydrogens is 188 g/mol. The molecule has 0 spiro atoms. The van der Waals surface area contributed by atoms with Crippen LogP contribution in [0.3, 0.4) is 0 Å². The van der Waals surface area contributed by atoms with Gasteiger partial charge in [-0.05, 0) is 6.08 Å². The van der Waals surface area contributed by atoms with E-state index in [1.165, 1.54) is 6.08 Å². The zero-order valence-corrected chi connectivity index (χ0v) is 7.40. The lowest BCUT2D eigenvalue weighted by Crippen LogP contribution is -2.30. The van der Waals surface area contributed by atoms with E-state index in [4.69, 9.17) is 4.79 Å². The predicted octanol–water partition coefficient (Wildman–Crippen LogP) is -2.11. The van der Waals surface area contributed by atoms with Gasteiger partial charge in [-0.3, -0.25) is 25.2 Å². The normalized spacial score (nSPS) is 8.14. The SMILES string of the molecule is C=CC=O.NNC(=O)/C=C\C(=O)NN. The molecule has 14 heavy (non-hydrogen) atoms. The largest absolute Gasteiger partial charge is 0.299 e. The molecule has 6 N–H and O–H groups in total. The fourth-order valence-electron chi connectivity index (χ4n) is 0.248. The number of nitrogens with one attached hydrogen (secondary N) is 2. The quantitative estimate of drug-likeness (QED) is 0.136. The third kappa shape index (κ3) is 12.7. The van der Waals surface area contributed by atoms with Crippen LogP contribution in [0.2, 0.25) is 0 Å². The molecule has 0 aromatic heterocycles. The van der Waals surface area contributed by atoms with E-state index < -0.39 is 11.8 Å². The van der Waals surface area contributed by atoms with Crippen molar-refractivity contribution < 1.29 is 14.4 Å². The second-order valence-electron chi connectivity index (χ2n) is 1.72. The van der Waals surface area contributed by atoms with Gasteiger partial charge in [-0.15, -0.1) is 0 Å². The number of carbonyl (C=O) groups excluding carboxylic acids is 3. The second-order valence-corrected chi connectivity index (χ2v) is 1.72. The first-order valence-electron chi connectivity index (χ1n) is 3.37. The third-order valence-electron chi connectivity index (χ3n) is 0.767. The maximum atomic E-state index is 10.3. The molecule has 0 bridgehead atoms. The summed E-state index contributed by atoms with van der Waals surface area (Å²) in [6, 6.07) is 0. The zero-order chi connectivity index (χ0) is 11.4. The smallest absolute Gasteiger partial charge is 0.258 e. The lowest BCUT2D eigenvalue weighted by Gasteiger charge is -1.89. The molecule has 0 aliphatic heterocycles. The maximum absolute atomic E-state index is 10.3. The Labute approximate surface area is 80.8 Å². The highest BCUT2D eigenvalue weighted by Gasteiger charge is 1.91. The van der Waals surface area contributed by atoms with E-state index in [0.29, 0.717) is 6.29 Å². The summed E-state index contributed by atoms with van der Waals surface area (Å²) >= 11 is 0. The van der Waals surface area contributed by atoms with E-state index in [1.54, 1.807) is 10.9 Å². The number of hydrogen-bond acceptors (Lipinski definition) is 5. The summed E-state index contributed by atoms with van der Waals surface area (Å²) in [7, 11) is 0. The zero-order valence-electron chi connectivity index (χ0n) is 7.40. The van der Waals surface area contributed by atoms with Gasteiger partial charge in [0.2, 0.25) is 0 Å². The molecular formula is C7H12N4O3. The first kappa shape index (κ1) is 14.5. The first-order valence-corrected chi connectivity index (χ1v) is 3.37. The van der Waals surface area contributed by atoms with Crippen molar-refractivity contribution in [1.82, 2.24) is 10.9 Å². The molecule has 78 valence electrons. The first-order chi connectivity index (χ1) is 6.62. The van der Waals surface area contributed by atoms with Gasteiger partial charge in [-0.25, -0.2) is 11.7 Å². The van der Waals surface area contributed by atoms with Crippen LogP contribution >= 0.6 is 0 Å². The number of allylic oxidation sites excluding steroid dienone is 1. The van der Waals surface area contributed by atoms with Crippen molar-refractivity contribution in [3.8, 4) is 0 Å². The molecule has 0 fully saturated rings. The van der Waals surface area contributed by atoms with Gasteiger partial charge >= 0.3 is 0 Å². The molecule has 0 saturated carbocycles. The van der Waals surface area contributed by atoms with E-state index in [9.17, 15) is 9.59 Å². The second kappa shape index (κ2) is 11.0. The molecule has 0 heterocycles. The molecule has 2 amide bonds. The van der Waals surface area contributed by atoms with E-state index in [-0.39, 0.29) is 0 Å². The molecule has 0 aliphatic carbocycles. The molecule has 7 heteroatoms. The van der Waals surface area contributed by atoms with Gasteiger partial charge in [0.1, 0.15) is 6.29 Å². The molecule has 0 atom stereocenters. The summed E-state index contributed by atoms with van der Waals surface area (Å²) < 4.78 is 0. The monoisotopic (exact) mass is 200 g/mol. The molecule has 0 radical (unpaired) electrons. The number of hydrogen-bond donors (Lipinski definition) is 4. The van der Waals surface area contributed by atoms with Crippen molar-refractivity contribution in [2.24, 2.45) is 11.7 Å². The maximum Gasteiger partial charge on any atom is 0.258 e. The van der Waals surface area contributed by atoms with Crippen molar-refractivity contribution in [1.29, 1.82) is 0 Å². The van der Waals surface area contributed by atoms with E-state index in [0.717, 1.165) is 12.2 Å². The fraction of sp³-hybridized carbons (Fsp3) is 0. The average Bonchev–Trinajstić information content (AvgIpc) is 2.25. The number of hydrazine groups is 2. The molecule has 7 nitrogen and oxygen atoms in total. The number of aldehydes is 1. The van der Waals surface area contributed by atoms with Crippen LogP contribution in [0.1, 0.15) is 0 Å². The minimum Gasteiger partial charge on any atom is -0.299 e. The Balaban J connectivity index is 0. The Kier molecular flexibility index (Phi) is 11.4. The lowest BCUT2D eigenvalue weighted by atomic mass is 10.4. The summed E-state index contributed by atoms with van der Waals surface area (Å²) in [4.78, 5) is 29.6. The minimum absolute atomic E-state index is 0.566. The van der Waals surface area contributed by atoms with Crippen LogP contribution in [-0.4, -0.2) is 18.1 Å². The van der Waals surface area contributed by atoms with Crippen LogP contribution in [0.15, 0.2) is 24.8 Å². The van der Waals surface area contributed by atoms with Gasteiger partial charge in [0.05, 0.1) is 0 Å². The summed E-state index contributed by atoms with van der Waals surface area (Å²) in [6.45, 7) is 3.11. The highest BCUT2D eigenvalue weighted by atomic mass is 16.2. The van der Waals surface area contributed by atoms with Crippen LogP contribution < -0.4 is 22.5 Å². The van der Waals surface area contributed by atoms with Gasteiger partial charge in [0, 0.05) is 12.2 Å². The minimum atomic E-state index is -0.566. The highest BCUT2D eigenvalue weighted by molar-refractivity contribution is 5.96. The van der Waals surface area contributed by atoms with Gasteiger partial charge in [0.15, 0.2) is 0 Å². The van der Waals surface area contributed by atoms with Crippen molar-refractivity contribution in [3.05, 3.63) is 24.8 Å². The van der Waals surface area contributed by atoms with Crippen LogP contribution in [0.25, 0.3) is 0 Å². The van der Waals surface area contributed by atoms with Crippen molar-refractivity contribution in [2.45, 2.75) is 0 Å². The van der Waals surface area contributed by atoms with Crippen LogP contribution in [0, 0.1) is 0 Å². The molecule has 0 saturated heterocycles. The Hall–Kier alpha value is -1.99. The molecule has 0 unspecified atom stereocenters. The topological polar surface area (TPSA) is 127 Å². The van der Waals surface area contributed by atoms with Gasteiger partial charge in [-0.1, -0.05) is 6.58 Å². The summed E-state index contributed by atoms with van der Waals surface area (Å²) in [5, 5.41) is 0. The number of nitrogens with two attached hydrogens (primary N) is 2. The Morgan fingerprint density at radius 3 is 1.50 bits per heavy atom. The number of carbonyl (C=O) groups is 3. The predicted molar refractivity (Wildman–Crippen MR) is 50.1 cm³/mol. The van der Waals surface area contributed by atoms with Crippen LogP contribution in [-0.2, 0) is 14.4 Å². The standard InChI is InChI=1S/C4H8N4O2.C3H4O/c5-7-3(9)1-2-4(10)8-6;1-2-3-4/h1-2H,5-6H2,(H,7,9)(H,8,10);2-3H,1H2/b2-1-;. The summed E-state index contributed by atoms with van der Waals surface area (Å²) in [5.41, 5.74) is 3.60. The summed E-state index contributed by atoms with van der Waals surface area (Å²) in [5.74, 6) is 8.24. The van der Waals surface area contributed by atoms with E-state index in [1.807, 2.05) is 0 Å². The summed E-state index contributed by atoms with van der Waals surface area (Å²) in [6.07, 6.45) is 3.75. The van der Waals surface area contributed by atoms with Crippen molar-refractivity contribution in [2.75, 3.05) is 0 Å². The fourth-order valence-corrected chi connectivity index (χ4v) is 0.248. The highest BCUT2D eigenvalue weighted by Crippen LogP contribution is 1.70. The number of rotatable bonds is 3. The third-order valence-corrected chi connectivity index (χ3v) is 0.767. The Bertz CT molecular complexity index is 213. The Morgan fingerprint density at radius 2 is 1.36 bits per heavy atom. The van der Waals surface area contributed by atoms with E-state index >= 15 is 0 Å². The number of amides is 2. The van der Waals surface area contributed by atoms with Crippen molar-refractivity contribution in [3.63, 3.8) is 0 Å². The average molecular weight is 200 g/mol. The Morgan fingerprint density at radius 1 is 1.07 bits per heavy atom.